The third-order valence-electron chi connectivity index (χ3n) is 2.74. The highest BCUT2D eigenvalue weighted by molar-refractivity contribution is 5.90. The van der Waals surface area contributed by atoms with E-state index in [0.29, 0.717) is 13.0 Å². The predicted molar refractivity (Wildman–Crippen MR) is 84.8 cm³/mol. The van der Waals surface area contributed by atoms with Crippen molar-refractivity contribution in [1.29, 1.82) is 0 Å². The van der Waals surface area contributed by atoms with Crippen LogP contribution in [0.5, 0.6) is 0 Å². The van der Waals surface area contributed by atoms with Crippen molar-refractivity contribution in [2.24, 2.45) is 0 Å². The van der Waals surface area contributed by atoms with Crippen LogP contribution in [0, 0.1) is 0 Å². The Balaban J connectivity index is 2.38. The Labute approximate surface area is 122 Å². The van der Waals surface area contributed by atoms with Crippen LogP contribution in [-0.2, 0) is 11.3 Å². The maximum atomic E-state index is 11.8. The number of nitrogens with zero attached hydrogens (tertiary/aromatic N) is 1. The molecule has 20 heavy (non-hydrogen) atoms. The van der Waals surface area contributed by atoms with Crippen LogP contribution in [-0.4, -0.2) is 37.0 Å². The Bertz CT molecular complexity index is 418. The molecule has 0 atom stereocenters. The predicted octanol–water partition coefficient (Wildman–Crippen LogP) is 2.46. The summed E-state index contributed by atoms with van der Waals surface area (Å²) in [6, 6.07) is 7.99. The molecule has 0 aliphatic heterocycles. The second kappa shape index (κ2) is 7.41. The van der Waals surface area contributed by atoms with Crippen molar-refractivity contribution >= 4 is 11.6 Å². The second-order valence-electron chi connectivity index (χ2n) is 6.41. The Morgan fingerprint density at radius 1 is 1.15 bits per heavy atom. The van der Waals surface area contributed by atoms with Crippen LogP contribution in [0.4, 0.5) is 5.69 Å². The van der Waals surface area contributed by atoms with Crippen LogP contribution in [0.2, 0.25) is 0 Å². The van der Waals surface area contributed by atoms with Gasteiger partial charge in [0.1, 0.15) is 0 Å². The minimum absolute atomic E-state index is 0.0436. The molecule has 0 heterocycles. The Morgan fingerprint density at radius 3 is 2.25 bits per heavy atom. The Kier molecular flexibility index (Phi) is 6.17. The molecule has 4 heteroatoms. The summed E-state index contributed by atoms with van der Waals surface area (Å²) in [5, 5.41) is 6.22. The number of nitrogens with one attached hydrogen (secondary N) is 2. The van der Waals surface area contributed by atoms with Crippen LogP contribution in [0.3, 0.4) is 0 Å². The van der Waals surface area contributed by atoms with Gasteiger partial charge in [-0.25, -0.2) is 0 Å². The van der Waals surface area contributed by atoms with Crippen LogP contribution in [0.15, 0.2) is 24.3 Å². The van der Waals surface area contributed by atoms with Gasteiger partial charge in [0.15, 0.2) is 0 Å². The first-order chi connectivity index (χ1) is 9.26. The van der Waals surface area contributed by atoms with Gasteiger partial charge in [0.2, 0.25) is 5.91 Å². The van der Waals surface area contributed by atoms with Crippen molar-refractivity contribution in [1.82, 2.24) is 10.2 Å². The number of rotatable bonds is 6. The van der Waals surface area contributed by atoms with Gasteiger partial charge in [-0.1, -0.05) is 12.1 Å². The fourth-order valence-corrected chi connectivity index (χ4v) is 1.83. The summed E-state index contributed by atoms with van der Waals surface area (Å²) in [6.45, 7) is 7.87. The van der Waals surface area contributed by atoms with E-state index in [1.165, 1.54) is 5.56 Å². The molecule has 0 saturated heterocycles. The molecule has 4 nitrogen and oxygen atoms in total. The molecule has 0 aromatic heterocycles. The lowest BCUT2D eigenvalue weighted by atomic mass is 10.1. The van der Waals surface area contributed by atoms with Crippen molar-refractivity contribution in [3.63, 3.8) is 0 Å². The molecular formula is C16H27N3O. The van der Waals surface area contributed by atoms with E-state index in [-0.39, 0.29) is 11.4 Å². The summed E-state index contributed by atoms with van der Waals surface area (Å²) in [5.74, 6) is 0.0436. The Morgan fingerprint density at radius 2 is 1.75 bits per heavy atom. The highest BCUT2D eigenvalue weighted by atomic mass is 16.1. The maximum Gasteiger partial charge on any atom is 0.225 e. The lowest BCUT2D eigenvalue weighted by molar-refractivity contribution is -0.116. The minimum Gasteiger partial charge on any atom is -0.326 e. The molecule has 0 unspecified atom stereocenters. The quantitative estimate of drug-likeness (QED) is 0.839. The first-order valence-corrected chi connectivity index (χ1v) is 7.05. The van der Waals surface area contributed by atoms with E-state index in [9.17, 15) is 4.79 Å². The van der Waals surface area contributed by atoms with Crippen molar-refractivity contribution in [2.75, 3.05) is 26.0 Å². The second-order valence-corrected chi connectivity index (χ2v) is 6.41. The third kappa shape index (κ3) is 7.26. The van der Waals surface area contributed by atoms with E-state index in [1.807, 2.05) is 38.4 Å². The molecule has 0 radical (unpaired) electrons. The summed E-state index contributed by atoms with van der Waals surface area (Å²) in [4.78, 5) is 13.9. The summed E-state index contributed by atoms with van der Waals surface area (Å²) < 4.78 is 0. The van der Waals surface area contributed by atoms with Gasteiger partial charge in [0, 0.05) is 30.7 Å². The molecule has 0 saturated carbocycles. The zero-order chi connectivity index (χ0) is 15.2. The highest BCUT2D eigenvalue weighted by Gasteiger charge is 2.09. The number of carbonyl (C=O) groups excluding carboxylic acids is 1. The van der Waals surface area contributed by atoms with Crippen LogP contribution in [0.1, 0.15) is 32.8 Å². The Hall–Kier alpha value is -1.39. The minimum atomic E-state index is 0.0436. The van der Waals surface area contributed by atoms with Crippen LogP contribution >= 0.6 is 0 Å². The van der Waals surface area contributed by atoms with Gasteiger partial charge in [0.25, 0.3) is 0 Å². The van der Waals surface area contributed by atoms with E-state index < -0.39 is 0 Å². The van der Waals surface area contributed by atoms with Gasteiger partial charge in [-0.3, -0.25) is 4.79 Å². The normalized spacial score (nSPS) is 11.7. The fraction of sp³-hybridized carbons (Fsp3) is 0.562. The number of hydrogen-bond donors (Lipinski definition) is 2. The summed E-state index contributed by atoms with van der Waals surface area (Å²) in [7, 11) is 4.08. The standard InChI is InChI=1S/C16H27N3O/c1-16(2,3)17-11-10-15(20)18-14-8-6-13(7-9-14)12-19(4)5/h6-9,17H,10-12H2,1-5H3,(H,18,20). The van der Waals surface area contributed by atoms with Gasteiger partial charge in [-0.2, -0.15) is 0 Å². The first kappa shape index (κ1) is 16.7. The smallest absolute Gasteiger partial charge is 0.225 e. The number of hydrogen-bond acceptors (Lipinski definition) is 3. The maximum absolute atomic E-state index is 11.8. The van der Waals surface area contributed by atoms with E-state index >= 15 is 0 Å². The molecule has 0 spiro atoms. The molecule has 0 aliphatic rings. The average molecular weight is 277 g/mol. The van der Waals surface area contributed by atoms with Crippen molar-refractivity contribution in [3.05, 3.63) is 29.8 Å². The average Bonchev–Trinajstić information content (AvgIpc) is 2.29. The lowest BCUT2D eigenvalue weighted by Gasteiger charge is -2.20. The fourth-order valence-electron chi connectivity index (χ4n) is 1.83. The SMILES string of the molecule is CN(C)Cc1ccc(NC(=O)CCNC(C)(C)C)cc1. The van der Waals surface area contributed by atoms with E-state index in [2.05, 4.69) is 36.3 Å². The van der Waals surface area contributed by atoms with Gasteiger partial charge < -0.3 is 15.5 Å². The van der Waals surface area contributed by atoms with Crippen molar-refractivity contribution < 1.29 is 4.79 Å². The zero-order valence-electron chi connectivity index (χ0n) is 13.3. The van der Waals surface area contributed by atoms with Gasteiger partial charge in [-0.15, -0.1) is 0 Å². The van der Waals surface area contributed by atoms with Crippen molar-refractivity contribution in [3.8, 4) is 0 Å². The number of carbonyl (C=O) groups is 1. The van der Waals surface area contributed by atoms with Gasteiger partial charge in [0.05, 0.1) is 0 Å². The van der Waals surface area contributed by atoms with E-state index in [0.717, 1.165) is 12.2 Å². The molecule has 1 amide bonds. The molecule has 1 aromatic carbocycles. The lowest BCUT2D eigenvalue weighted by Crippen LogP contribution is -2.37. The molecular weight excluding hydrogens is 250 g/mol. The van der Waals surface area contributed by atoms with Gasteiger partial charge in [-0.05, 0) is 52.6 Å². The molecule has 1 aromatic rings. The van der Waals surface area contributed by atoms with Crippen LogP contribution in [0.25, 0.3) is 0 Å². The highest BCUT2D eigenvalue weighted by Crippen LogP contribution is 2.11. The van der Waals surface area contributed by atoms with Crippen LogP contribution < -0.4 is 10.6 Å². The topological polar surface area (TPSA) is 44.4 Å². The number of anilines is 1. The molecule has 112 valence electrons. The third-order valence-corrected chi connectivity index (χ3v) is 2.74. The molecule has 2 N–H and O–H groups in total. The summed E-state index contributed by atoms with van der Waals surface area (Å²) >= 11 is 0. The monoisotopic (exact) mass is 277 g/mol. The van der Waals surface area contributed by atoms with E-state index in [1.54, 1.807) is 0 Å². The molecule has 1 rings (SSSR count). The molecule has 0 aliphatic carbocycles. The van der Waals surface area contributed by atoms with E-state index in [4.69, 9.17) is 0 Å². The number of benzene rings is 1. The van der Waals surface area contributed by atoms with Crippen molar-refractivity contribution in [2.45, 2.75) is 39.3 Å². The summed E-state index contributed by atoms with van der Waals surface area (Å²) in [6.07, 6.45) is 0.483. The zero-order valence-corrected chi connectivity index (χ0v) is 13.3. The first-order valence-electron chi connectivity index (χ1n) is 7.05. The molecule has 0 fully saturated rings. The molecule has 0 bridgehead atoms. The van der Waals surface area contributed by atoms with Gasteiger partial charge >= 0.3 is 0 Å². The largest absolute Gasteiger partial charge is 0.326 e. The summed E-state index contributed by atoms with van der Waals surface area (Å²) in [5.41, 5.74) is 2.14. The number of amides is 1.